The molecule has 7 nitrogen and oxygen atoms in total. The molecule has 10 heteroatoms. The van der Waals surface area contributed by atoms with Gasteiger partial charge in [0.1, 0.15) is 18.3 Å². The largest absolute Gasteiger partial charge is 0.454 e. The lowest BCUT2D eigenvalue weighted by molar-refractivity contribution is -0.185. The third-order valence-electron chi connectivity index (χ3n) is 4.05. The Morgan fingerprint density at radius 1 is 1.28 bits per heavy atom. The van der Waals surface area contributed by atoms with E-state index in [1.54, 1.807) is 20.8 Å². The van der Waals surface area contributed by atoms with Crippen molar-refractivity contribution >= 4 is 0 Å². The third-order valence-corrected chi connectivity index (χ3v) is 4.05. The van der Waals surface area contributed by atoms with E-state index >= 15 is 0 Å². The van der Waals surface area contributed by atoms with Crippen LogP contribution >= 0.6 is 0 Å². The van der Waals surface area contributed by atoms with Gasteiger partial charge in [0, 0.05) is 6.20 Å². The fourth-order valence-corrected chi connectivity index (χ4v) is 3.04. The van der Waals surface area contributed by atoms with Crippen molar-refractivity contribution in [3.8, 4) is 6.01 Å². The minimum Gasteiger partial charge on any atom is -0.454 e. The minimum atomic E-state index is -4.62. The highest BCUT2D eigenvalue weighted by atomic mass is 19.4. The van der Waals surface area contributed by atoms with Gasteiger partial charge in [0.2, 0.25) is 0 Å². The van der Waals surface area contributed by atoms with E-state index in [2.05, 4.69) is 9.97 Å². The number of fused-ring (bicyclic) bond motifs is 1. The van der Waals surface area contributed by atoms with Crippen molar-refractivity contribution in [2.24, 2.45) is 0 Å². The summed E-state index contributed by atoms with van der Waals surface area (Å²) < 4.78 is 61.2. The number of aliphatic hydroxyl groups excluding tert-OH is 1. The molecule has 2 aliphatic rings. The van der Waals surface area contributed by atoms with Crippen LogP contribution in [0.2, 0.25) is 0 Å². The smallest absolute Gasteiger partial charge is 0.433 e. The highest BCUT2D eigenvalue weighted by Gasteiger charge is 2.55. The molecule has 0 bridgehead atoms. The zero-order chi connectivity index (χ0) is 18.4. The number of rotatable bonds is 3. The van der Waals surface area contributed by atoms with Gasteiger partial charge in [0.15, 0.2) is 17.6 Å². The summed E-state index contributed by atoms with van der Waals surface area (Å²) >= 11 is 0. The lowest BCUT2D eigenvalue weighted by Gasteiger charge is -2.40. The van der Waals surface area contributed by atoms with Crippen LogP contribution in [-0.2, 0) is 20.4 Å². The minimum absolute atomic E-state index is 0.383. The number of halogens is 3. The predicted molar refractivity (Wildman–Crippen MR) is 76.7 cm³/mol. The van der Waals surface area contributed by atoms with E-state index < -0.39 is 54.7 Å². The van der Waals surface area contributed by atoms with Gasteiger partial charge in [0.05, 0.1) is 12.7 Å². The SMILES string of the molecule is C[C@H]1O[C@H](CO)[C@H](Oc2nccc(C(F)(F)F)n2)[C@H]2OC(C)(C)O[C@H]21. The van der Waals surface area contributed by atoms with Crippen molar-refractivity contribution in [3.05, 3.63) is 18.0 Å². The topological polar surface area (TPSA) is 82.9 Å². The zero-order valence-corrected chi connectivity index (χ0v) is 13.9. The first-order chi connectivity index (χ1) is 11.6. The van der Waals surface area contributed by atoms with E-state index in [1.165, 1.54) is 0 Å². The van der Waals surface area contributed by atoms with Crippen LogP contribution in [0.3, 0.4) is 0 Å². The van der Waals surface area contributed by atoms with Crippen molar-refractivity contribution < 1.29 is 37.2 Å². The first-order valence-electron chi connectivity index (χ1n) is 7.79. The van der Waals surface area contributed by atoms with Crippen molar-refractivity contribution in [1.29, 1.82) is 0 Å². The molecular weight excluding hydrogens is 345 g/mol. The summed E-state index contributed by atoms with van der Waals surface area (Å²) in [4.78, 5) is 7.10. The second kappa shape index (κ2) is 6.35. The Kier molecular flexibility index (Phi) is 4.65. The second-order valence-corrected chi connectivity index (χ2v) is 6.43. The number of hydrogen-bond acceptors (Lipinski definition) is 7. The van der Waals surface area contributed by atoms with Crippen LogP contribution in [0.4, 0.5) is 13.2 Å². The molecule has 2 saturated heterocycles. The van der Waals surface area contributed by atoms with E-state index in [0.29, 0.717) is 0 Å². The van der Waals surface area contributed by atoms with Crippen molar-refractivity contribution in [2.45, 2.75) is 63.3 Å². The molecule has 2 aliphatic heterocycles. The quantitative estimate of drug-likeness (QED) is 0.871. The third kappa shape index (κ3) is 3.71. The number of hydrogen-bond donors (Lipinski definition) is 1. The average molecular weight is 364 g/mol. The molecule has 3 rings (SSSR count). The Morgan fingerprint density at radius 2 is 1.96 bits per heavy atom. The summed E-state index contributed by atoms with van der Waals surface area (Å²) in [6.07, 6.45) is -6.91. The molecule has 140 valence electrons. The Balaban J connectivity index is 1.86. The molecule has 0 unspecified atom stereocenters. The highest BCUT2D eigenvalue weighted by Crippen LogP contribution is 2.38. The second-order valence-electron chi connectivity index (χ2n) is 6.43. The van der Waals surface area contributed by atoms with Gasteiger partial charge in [0.25, 0.3) is 0 Å². The molecule has 5 atom stereocenters. The Labute approximate surface area is 142 Å². The maximum Gasteiger partial charge on any atom is 0.433 e. The molecule has 0 spiro atoms. The molecular formula is C15H19F3N2O5. The fraction of sp³-hybridized carbons (Fsp3) is 0.733. The molecule has 0 aromatic carbocycles. The number of alkyl halides is 3. The fourth-order valence-electron chi connectivity index (χ4n) is 3.04. The maximum atomic E-state index is 12.8. The summed E-state index contributed by atoms with van der Waals surface area (Å²) in [5, 5.41) is 9.57. The van der Waals surface area contributed by atoms with Crippen LogP contribution in [-0.4, -0.2) is 58.0 Å². The van der Waals surface area contributed by atoms with E-state index in [0.717, 1.165) is 12.3 Å². The number of aromatic nitrogens is 2. The van der Waals surface area contributed by atoms with Gasteiger partial charge in [-0.1, -0.05) is 0 Å². The van der Waals surface area contributed by atoms with Gasteiger partial charge < -0.3 is 24.1 Å². The zero-order valence-electron chi connectivity index (χ0n) is 13.9. The van der Waals surface area contributed by atoms with Crippen LogP contribution in [0.5, 0.6) is 6.01 Å². The molecule has 0 amide bonds. The van der Waals surface area contributed by atoms with Crippen molar-refractivity contribution in [1.82, 2.24) is 9.97 Å². The van der Waals surface area contributed by atoms with E-state index in [1.807, 2.05) is 0 Å². The maximum absolute atomic E-state index is 12.8. The lowest BCUT2D eigenvalue weighted by Crippen LogP contribution is -2.58. The first-order valence-corrected chi connectivity index (χ1v) is 7.79. The number of aliphatic hydroxyl groups is 1. The van der Waals surface area contributed by atoms with Gasteiger partial charge in [-0.15, -0.1) is 0 Å². The van der Waals surface area contributed by atoms with E-state index in [4.69, 9.17) is 18.9 Å². The van der Waals surface area contributed by atoms with Crippen LogP contribution in [0.15, 0.2) is 12.3 Å². The molecule has 0 aliphatic carbocycles. The van der Waals surface area contributed by atoms with E-state index in [9.17, 15) is 18.3 Å². The average Bonchev–Trinajstić information content (AvgIpc) is 2.85. The summed E-state index contributed by atoms with van der Waals surface area (Å²) in [7, 11) is 0. The summed E-state index contributed by atoms with van der Waals surface area (Å²) in [5.41, 5.74) is -1.12. The summed E-state index contributed by atoms with van der Waals surface area (Å²) in [6.45, 7) is 4.79. The van der Waals surface area contributed by atoms with Crippen molar-refractivity contribution in [3.63, 3.8) is 0 Å². The number of ether oxygens (including phenoxy) is 4. The van der Waals surface area contributed by atoms with Gasteiger partial charge in [-0.2, -0.15) is 18.2 Å². The molecule has 0 saturated carbocycles. The normalized spacial score (nSPS) is 34.6. The lowest BCUT2D eigenvalue weighted by atomic mass is 9.96. The predicted octanol–water partition coefficient (Wildman–Crippen LogP) is 1.54. The van der Waals surface area contributed by atoms with Crippen LogP contribution in [0.1, 0.15) is 26.5 Å². The van der Waals surface area contributed by atoms with Gasteiger partial charge in [-0.3, -0.25) is 0 Å². The van der Waals surface area contributed by atoms with Crippen LogP contribution < -0.4 is 4.74 Å². The van der Waals surface area contributed by atoms with Crippen LogP contribution in [0, 0.1) is 0 Å². The molecule has 1 N–H and O–H groups in total. The van der Waals surface area contributed by atoms with E-state index in [-0.39, 0.29) is 6.10 Å². The van der Waals surface area contributed by atoms with Crippen molar-refractivity contribution in [2.75, 3.05) is 6.61 Å². The summed E-state index contributed by atoms with van der Waals surface area (Å²) in [6, 6.07) is 0.278. The Morgan fingerprint density at radius 3 is 2.60 bits per heavy atom. The van der Waals surface area contributed by atoms with Crippen LogP contribution in [0.25, 0.3) is 0 Å². The van der Waals surface area contributed by atoms with Gasteiger partial charge in [-0.25, -0.2) is 4.98 Å². The van der Waals surface area contributed by atoms with Gasteiger partial charge >= 0.3 is 12.2 Å². The standard InChI is InChI=1S/C15H19F3N2O5/c1-7-10-12(25-14(2,3)24-10)11(8(6-21)22-7)23-13-19-5-4-9(20-13)15(16,17)18/h4-5,7-8,10-12,21H,6H2,1-3H3/t7-,8-,10+,11+,12+/m1/s1. The highest BCUT2D eigenvalue weighted by molar-refractivity contribution is 5.10. The Bertz CT molecular complexity index is 627. The first kappa shape index (κ1) is 18.3. The molecule has 1 aromatic rings. The molecule has 3 heterocycles. The molecule has 0 radical (unpaired) electrons. The molecule has 1 aromatic heterocycles. The van der Waals surface area contributed by atoms with Gasteiger partial charge in [-0.05, 0) is 26.8 Å². The Hall–Kier alpha value is -1.49. The molecule has 25 heavy (non-hydrogen) atoms. The number of nitrogens with zero attached hydrogens (tertiary/aromatic N) is 2. The summed E-state index contributed by atoms with van der Waals surface area (Å²) in [5.74, 6) is -0.909. The molecule has 2 fully saturated rings. The monoisotopic (exact) mass is 364 g/mol.